The zero-order valence-corrected chi connectivity index (χ0v) is 9.83. The summed E-state index contributed by atoms with van der Waals surface area (Å²) in [6.07, 6.45) is 4.34. The van der Waals surface area contributed by atoms with Gasteiger partial charge in [0.25, 0.3) is 0 Å². The monoisotopic (exact) mass is 230 g/mol. The quantitative estimate of drug-likeness (QED) is 0.872. The Bertz CT molecular complexity index is 553. The van der Waals surface area contributed by atoms with Gasteiger partial charge in [0.15, 0.2) is 0 Å². The molecule has 1 aromatic heterocycles. The van der Waals surface area contributed by atoms with Gasteiger partial charge in [0, 0.05) is 18.1 Å². The number of benzene rings is 1. The standard InChI is InChI=1S/C14H15FN2/c1-9-6-7-16-14-12(17-8-10-2-3-10)5-4-11(15)13(9)14/h4-7,10,17H,2-3,8H2,1H3. The van der Waals surface area contributed by atoms with Gasteiger partial charge in [-0.05, 0) is 49.4 Å². The number of halogens is 1. The lowest BCUT2D eigenvalue weighted by molar-refractivity contribution is 0.639. The van der Waals surface area contributed by atoms with Gasteiger partial charge in [-0.3, -0.25) is 4.98 Å². The molecule has 1 aromatic carbocycles. The molecule has 1 aliphatic rings. The van der Waals surface area contributed by atoms with Gasteiger partial charge in [-0.25, -0.2) is 4.39 Å². The smallest absolute Gasteiger partial charge is 0.133 e. The normalized spacial score (nSPS) is 15.2. The first kappa shape index (κ1) is 10.5. The second-order valence-electron chi connectivity index (χ2n) is 4.77. The van der Waals surface area contributed by atoms with Crippen LogP contribution in [-0.4, -0.2) is 11.5 Å². The van der Waals surface area contributed by atoms with E-state index >= 15 is 0 Å². The summed E-state index contributed by atoms with van der Waals surface area (Å²) in [5, 5.41) is 4.01. The van der Waals surface area contributed by atoms with Crippen LogP contribution < -0.4 is 5.32 Å². The highest BCUT2D eigenvalue weighted by molar-refractivity contribution is 5.92. The minimum Gasteiger partial charge on any atom is -0.383 e. The zero-order chi connectivity index (χ0) is 11.8. The highest BCUT2D eigenvalue weighted by atomic mass is 19.1. The molecular weight excluding hydrogens is 215 g/mol. The zero-order valence-electron chi connectivity index (χ0n) is 9.83. The van der Waals surface area contributed by atoms with Crippen molar-refractivity contribution in [1.82, 2.24) is 4.98 Å². The van der Waals surface area contributed by atoms with Crippen molar-refractivity contribution < 1.29 is 4.39 Å². The van der Waals surface area contributed by atoms with Crippen LogP contribution in [0.4, 0.5) is 10.1 Å². The van der Waals surface area contributed by atoms with Crippen molar-refractivity contribution in [2.24, 2.45) is 5.92 Å². The van der Waals surface area contributed by atoms with Crippen molar-refractivity contribution in [2.75, 3.05) is 11.9 Å². The summed E-state index contributed by atoms with van der Waals surface area (Å²) >= 11 is 0. The summed E-state index contributed by atoms with van der Waals surface area (Å²) in [5.74, 6) is 0.600. The first-order valence-corrected chi connectivity index (χ1v) is 6.03. The molecule has 1 fully saturated rings. The van der Waals surface area contributed by atoms with Gasteiger partial charge in [0.05, 0.1) is 11.2 Å². The van der Waals surface area contributed by atoms with Gasteiger partial charge in [-0.1, -0.05) is 0 Å². The average molecular weight is 230 g/mol. The third-order valence-electron chi connectivity index (χ3n) is 3.33. The first-order chi connectivity index (χ1) is 8.25. The summed E-state index contributed by atoms with van der Waals surface area (Å²) in [5.41, 5.74) is 2.62. The van der Waals surface area contributed by atoms with Gasteiger partial charge in [-0.15, -0.1) is 0 Å². The molecule has 0 bridgehead atoms. The summed E-state index contributed by atoms with van der Waals surface area (Å²) in [4.78, 5) is 4.30. The molecule has 17 heavy (non-hydrogen) atoms. The van der Waals surface area contributed by atoms with E-state index in [0.717, 1.165) is 29.2 Å². The Hall–Kier alpha value is -1.64. The molecule has 0 unspecified atom stereocenters. The van der Waals surface area contributed by atoms with Crippen LogP contribution >= 0.6 is 0 Å². The van der Waals surface area contributed by atoms with Crippen LogP contribution in [0.1, 0.15) is 18.4 Å². The number of aromatic nitrogens is 1. The van der Waals surface area contributed by atoms with Crippen molar-refractivity contribution >= 4 is 16.6 Å². The van der Waals surface area contributed by atoms with Gasteiger partial charge in [0.2, 0.25) is 0 Å². The summed E-state index contributed by atoms with van der Waals surface area (Å²) in [7, 11) is 0. The number of hydrogen-bond acceptors (Lipinski definition) is 2. The third kappa shape index (κ3) is 1.97. The number of nitrogens with zero attached hydrogens (tertiary/aromatic N) is 1. The number of rotatable bonds is 3. The van der Waals surface area contributed by atoms with E-state index in [-0.39, 0.29) is 5.82 Å². The molecule has 1 saturated carbocycles. The van der Waals surface area contributed by atoms with E-state index in [0.29, 0.717) is 5.39 Å². The van der Waals surface area contributed by atoms with Crippen molar-refractivity contribution in [3.05, 3.63) is 35.8 Å². The summed E-state index contributed by atoms with van der Waals surface area (Å²) < 4.78 is 13.8. The minimum atomic E-state index is -0.192. The van der Waals surface area contributed by atoms with E-state index in [1.807, 2.05) is 13.0 Å². The molecule has 2 aromatic rings. The maximum atomic E-state index is 13.8. The Kier molecular flexibility index (Phi) is 2.46. The molecule has 0 aliphatic heterocycles. The molecule has 1 N–H and O–H groups in total. The number of hydrogen-bond donors (Lipinski definition) is 1. The highest BCUT2D eigenvalue weighted by Crippen LogP contribution is 2.31. The van der Waals surface area contributed by atoms with Gasteiger partial charge < -0.3 is 5.32 Å². The Morgan fingerprint density at radius 1 is 1.35 bits per heavy atom. The third-order valence-corrected chi connectivity index (χ3v) is 3.33. The fraction of sp³-hybridized carbons (Fsp3) is 0.357. The number of anilines is 1. The van der Waals surface area contributed by atoms with Gasteiger partial charge in [0.1, 0.15) is 5.82 Å². The van der Waals surface area contributed by atoms with Crippen molar-refractivity contribution in [3.8, 4) is 0 Å². The van der Waals surface area contributed by atoms with E-state index in [9.17, 15) is 4.39 Å². The summed E-state index contributed by atoms with van der Waals surface area (Å²) in [6.45, 7) is 2.88. The van der Waals surface area contributed by atoms with Crippen LogP contribution in [0.25, 0.3) is 10.9 Å². The molecule has 3 rings (SSSR count). The van der Waals surface area contributed by atoms with E-state index in [4.69, 9.17) is 0 Å². The van der Waals surface area contributed by atoms with Crippen LogP contribution in [0.15, 0.2) is 24.4 Å². The van der Waals surface area contributed by atoms with Crippen LogP contribution in [0.5, 0.6) is 0 Å². The molecule has 0 atom stereocenters. The Morgan fingerprint density at radius 3 is 2.94 bits per heavy atom. The maximum absolute atomic E-state index is 13.8. The first-order valence-electron chi connectivity index (χ1n) is 6.03. The Morgan fingerprint density at radius 2 is 2.18 bits per heavy atom. The van der Waals surface area contributed by atoms with E-state index < -0.39 is 0 Å². The molecular formula is C14H15FN2. The Balaban J connectivity index is 2.05. The minimum absolute atomic E-state index is 0.192. The largest absolute Gasteiger partial charge is 0.383 e. The summed E-state index contributed by atoms with van der Waals surface area (Å²) in [6, 6.07) is 5.15. The molecule has 0 spiro atoms. The number of fused-ring (bicyclic) bond motifs is 1. The Labute approximate surface area is 99.9 Å². The van der Waals surface area contributed by atoms with Crippen LogP contribution in [0.3, 0.4) is 0 Å². The molecule has 2 nitrogen and oxygen atoms in total. The van der Waals surface area contributed by atoms with Crippen LogP contribution in [0.2, 0.25) is 0 Å². The predicted octanol–water partition coefficient (Wildman–Crippen LogP) is 3.50. The number of pyridine rings is 1. The van der Waals surface area contributed by atoms with E-state index in [1.165, 1.54) is 18.9 Å². The molecule has 0 radical (unpaired) electrons. The number of nitrogens with one attached hydrogen (secondary N) is 1. The maximum Gasteiger partial charge on any atom is 0.133 e. The lowest BCUT2D eigenvalue weighted by atomic mass is 10.1. The van der Waals surface area contributed by atoms with Gasteiger partial charge >= 0.3 is 0 Å². The predicted molar refractivity (Wildman–Crippen MR) is 67.7 cm³/mol. The fourth-order valence-electron chi connectivity index (χ4n) is 2.10. The lowest BCUT2D eigenvalue weighted by Crippen LogP contribution is -2.04. The van der Waals surface area contributed by atoms with Crippen molar-refractivity contribution in [1.29, 1.82) is 0 Å². The second-order valence-corrected chi connectivity index (χ2v) is 4.77. The molecule has 0 saturated heterocycles. The molecule has 1 heterocycles. The van der Waals surface area contributed by atoms with Crippen LogP contribution in [0, 0.1) is 18.7 Å². The fourth-order valence-corrected chi connectivity index (χ4v) is 2.10. The second kappa shape index (κ2) is 3.99. The van der Waals surface area contributed by atoms with Crippen molar-refractivity contribution in [2.45, 2.75) is 19.8 Å². The van der Waals surface area contributed by atoms with E-state index in [1.54, 1.807) is 12.3 Å². The van der Waals surface area contributed by atoms with Crippen LogP contribution in [-0.2, 0) is 0 Å². The van der Waals surface area contributed by atoms with Crippen molar-refractivity contribution in [3.63, 3.8) is 0 Å². The number of aryl methyl sites for hydroxylation is 1. The topological polar surface area (TPSA) is 24.9 Å². The molecule has 3 heteroatoms. The molecule has 0 amide bonds. The molecule has 1 aliphatic carbocycles. The lowest BCUT2D eigenvalue weighted by Gasteiger charge is -2.10. The average Bonchev–Trinajstić information content (AvgIpc) is 3.12. The SMILES string of the molecule is Cc1ccnc2c(NCC3CC3)ccc(F)c12. The van der Waals surface area contributed by atoms with Gasteiger partial charge in [-0.2, -0.15) is 0 Å². The highest BCUT2D eigenvalue weighted by Gasteiger charge is 2.21. The van der Waals surface area contributed by atoms with E-state index in [2.05, 4.69) is 10.3 Å². The molecule has 88 valence electrons.